The van der Waals surface area contributed by atoms with Gasteiger partial charge >= 0.3 is 5.97 Å². The van der Waals surface area contributed by atoms with Crippen molar-refractivity contribution in [3.8, 4) is 0 Å². The smallest absolute Gasteiger partial charge is 0.343 e. The summed E-state index contributed by atoms with van der Waals surface area (Å²) >= 11 is 0. The second-order valence-corrected chi connectivity index (χ2v) is 7.75. The first kappa shape index (κ1) is 17.5. The third-order valence-electron chi connectivity index (χ3n) is 5.95. The van der Waals surface area contributed by atoms with E-state index in [1.165, 1.54) is 6.42 Å². The van der Waals surface area contributed by atoms with Crippen LogP contribution < -0.4 is 0 Å². The minimum atomic E-state index is -1.49. The molecule has 0 saturated heterocycles. The van der Waals surface area contributed by atoms with E-state index < -0.39 is 11.6 Å². The molecule has 2 fully saturated rings. The lowest BCUT2D eigenvalue weighted by atomic mass is 9.80. The molecule has 0 spiro atoms. The maximum absolute atomic E-state index is 13.0. The first-order valence-corrected chi connectivity index (χ1v) is 9.59. The van der Waals surface area contributed by atoms with E-state index in [1.807, 2.05) is 30.3 Å². The number of aliphatic hydroxyl groups is 1. The van der Waals surface area contributed by atoms with Crippen molar-refractivity contribution in [2.45, 2.75) is 76.4 Å². The highest BCUT2D eigenvalue weighted by Gasteiger charge is 2.48. The molecule has 0 bridgehead atoms. The topological polar surface area (TPSA) is 46.5 Å². The molecule has 1 aromatic rings. The summed E-state index contributed by atoms with van der Waals surface area (Å²) in [6.07, 6.45) is 9.15. The molecular weight excluding hydrogens is 300 g/mol. The molecule has 0 aromatic heterocycles. The van der Waals surface area contributed by atoms with Crippen LogP contribution in [0, 0.1) is 11.8 Å². The minimum Gasteiger partial charge on any atom is -0.460 e. The number of hydrogen-bond donors (Lipinski definition) is 1. The monoisotopic (exact) mass is 330 g/mol. The van der Waals surface area contributed by atoms with Gasteiger partial charge in [0.25, 0.3) is 0 Å². The molecule has 1 unspecified atom stereocenters. The Labute approximate surface area is 145 Å². The molecule has 1 aromatic carbocycles. The predicted octanol–water partition coefficient (Wildman–Crippen LogP) is 4.58. The molecule has 0 heterocycles. The predicted molar refractivity (Wildman–Crippen MR) is 94.4 cm³/mol. The van der Waals surface area contributed by atoms with E-state index in [2.05, 4.69) is 6.92 Å². The van der Waals surface area contributed by atoms with Crippen LogP contribution in [0.1, 0.15) is 70.3 Å². The lowest BCUT2D eigenvalue weighted by molar-refractivity contribution is -0.180. The largest absolute Gasteiger partial charge is 0.460 e. The maximum Gasteiger partial charge on any atom is 0.343 e. The summed E-state index contributed by atoms with van der Waals surface area (Å²) in [6, 6.07) is 9.39. The van der Waals surface area contributed by atoms with Crippen LogP contribution in [0.4, 0.5) is 0 Å². The van der Waals surface area contributed by atoms with E-state index in [-0.39, 0.29) is 12.0 Å². The molecule has 24 heavy (non-hydrogen) atoms. The fourth-order valence-electron chi connectivity index (χ4n) is 4.37. The summed E-state index contributed by atoms with van der Waals surface area (Å²) in [4.78, 5) is 13.0. The van der Waals surface area contributed by atoms with Crippen LogP contribution in [-0.4, -0.2) is 17.2 Å². The third-order valence-corrected chi connectivity index (χ3v) is 5.95. The van der Waals surface area contributed by atoms with E-state index in [0.717, 1.165) is 51.4 Å². The average Bonchev–Trinajstić information content (AvgIpc) is 3.07. The summed E-state index contributed by atoms with van der Waals surface area (Å²) in [7, 11) is 0. The Morgan fingerprint density at radius 1 is 1.00 bits per heavy atom. The Balaban J connectivity index is 1.78. The lowest BCUT2D eigenvalue weighted by Gasteiger charge is -2.33. The Morgan fingerprint density at radius 3 is 2.42 bits per heavy atom. The van der Waals surface area contributed by atoms with Crippen LogP contribution in [0.5, 0.6) is 0 Å². The summed E-state index contributed by atoms with van der Waals surface area (Å²) in [5.41, 5.74) is -0.806. The Kier molecular flexibility index (Phi) is 5.60. The van der Waals surface area contributed by atoms with Crippen LogP contribution >= 0.6 is 0 Å². The zero-order valence-corrected chi connectivity index (χ0v) is 14.7. The number of carbonyl (C=O) groups is 1. The van der Waals surface area contributed by atoms with Gasteiger partial charge < -0.3 is 9.84 Å². The SMILES string of the molecule is CC1CCC[C@@H](OC(=O)[C@](O)(c2ccccc2)C2CCCC2)CC1. The molecule has 2 saturated carbocycles. The maximum atomic E-state index is 13.0. The standard InChI is InChI=1S/C21H30O3/c1-16-8-7-13-19(15-14-16)24-20(22)21(23,18-11-5-6-12-18)17-9-3-2-4-10-17/h2-4,9-10,16,18-19,23H,5-8,11-15H2,1H3/t16?,19-,21+/m1/s1. The third kappa shape index (κ3) is 3.66. The van der Waals surface area contributed by atoms with Gasteiger partial charge in [-0.1, -0.05) is 56.5 Å². The molecule has 2 aliphatic carbocycles. The number of carbonyl (C=O) groups excluding carboxylic acids is 1. The van der Waals surface area contributed by atoms with Crippen molar-refractivity contribution in [2.24, 2.45) is 11.8 Å². The van der Waals surface area contributed by atoms with E-state index in [4.69, 9.17) is 4.74 Å². The van der Waals surface area contributed by atoms with E-state index in [0.29, 0.717) is 11.5 Å². The number of rotatable bonds is 4. The zero-order valence-electron chi connectivity index (χ0n) is 14.7. The molecule has 3 atom stereocenters. The molecule has 3 rings (SSSR count). The highest BCUT2D eigenvalue weighted by molar-refractivity contribution is 5.81. The normalized spacial score (nSPS) is 28.1. The van der Waals surface area contributed by atoms with E-state index >= 15 is 0 Å². The molecular formula is C21H30O3. The average molecular weight is 330 g/mol. The first-order chi connectivity index (χ1) is 11.6. The van der Waals surface area contributed by atoms with Gasteiger partial charge in [-0.2, -0.15) is 0 Å². The van der Waals surface area contributed by atoms with Crippen LogP contribution in [0.25, 0.3) is 0 Å². The van der Waals surface area contributed by atoms with Gasteiger partial charge in [0.1, 0.15) is 6.10 Å². The number of ether oxygens (including phenoxy) is 1. The Hall–Kier alpha value is -1.35. The minimum absolute atomic E-state index is 0.0305. The lowest BCUT2D eigenvalue weighted by Crippen LogP contribution is -2.44. The van der Waals surface area contributed by atoms with Crippen LogP contribution in [-0.2, 0) is 15.1 Å². The molecule has 3 heteroatoms. The van der Waals surface area contributed by atoms with Crippen molar-refractivity contribution < 1.29 is 14.6 Å². The van der Waals surface area contributed by atoms with Crippen molar-refractivity contribution in [1.29, 1.82) is 0 Å². The van der Waals surface area contributed by atoms with Gasteiger partial charge in [0.15, 0.2) is 5.60 Å². The zero-order chi connectivity index (χ0) is 17.0. The van der Waals surface area contributed by atoms with Gasteiger partial charge in [-0.25, -0.2) is 4.79 Å². The van der Waals surface area contributed by atoms with Gasteiger partial charge in [-0.15, -0.1) is 0 Å². The molecule has 0 radical (unpaired) electrons. The molecule has 2 aliphatic rings. The summed E-state index contributed by atoms with van der Waals surface area (Å²) in [5, 5.41) is 11.4. The molecule has 0 amide bonds. The van der Waals surface area contributed by atoms with Gasteiger partial charge in [0, 0.05) is 5.92 Å². The molecule has 0 aliphatic heterocycles. The highest BCUT2D eigenvalue weighted by Crippen LogP contribution is 2.42. The summed E-state index contributed by atoms with van der Waals surface area (Å²) < 4.78 is 5.86. The van der Waals surface area contributed by atoms with Gasteiger partial charge in [-0.3, -0.25) is 0 Å². The number of hydrogen-bond acceptors (Lipinski definition) is 3. The summed E-state index contributed by atoms with van der Waals surface area (Å²) in [5.74, 6) is 0.244. The van der Waals surface area contributed by atoms with Crippen LogP contribution in [0.3, 0.4) is 0 Å². The van der Waals surface area contributed by atoms with Crippen molar-refractivity contribution in [3.63, 3.8) is 0 Å². The second-order valence-electron chi connectivity index (χ2n) is 7.75. The van der Waals surface area contributed by atoms with E-state index in [9.17, 15) is 9.90 Å². The van der Waals surface area contributed by atoms with Crippen molar-refractivity contribution in [2.75, 3.05) is 0 Å². The Morgan fingerprint density at radius 2 is 1.71 bits per heavy atom. The van der Waals surface area contributed by atoms with Crippen molar-refractivity contribution in [3.05, 3.63) is 35.9 Å². The van der Waals surface area contributed by atoms with Gasteiger partial charge in [-0.05, 0) is 50.0 Å². The molecule has 3 nitrogen and oxygen atoms in total. The van der Waals surface area contributed by atoms with Crippen LogP contribution in [0.15, 0.2) is 30.3 Å². The second kappa shape index (κ2) is 7.69. The van der Waals surface area contributed by atoms with Crippen molar-refractivity contribution >= 4 is 5.97 Å². The quantitative estimate of drug-likeness (QED) is 0.649. The highest BCUT2D eigenvalue weighted by atomic mass is 16.6. The fourth-order valence-corrected chi connectivity index (χ4v) is 4.37. The summed E-state index contributed by atoms with van der Waals surface area (Å²) in [6.45, 7) is 2.27. The van der Waals surface area contributed by atoms with Gasteiger partial charge in [0.2, 0.25) is 0 Å². The first-order valence-electron chi connectivity index (χ1n) is 9.59. The van der Waals surface area contributed by atoms with Crippen LogP contribution in [0.2, 0.25) is 0 Å². The fraction of sp³-hybridized carbons (Fsp3) is 0.667. The van der Waals surface area contributed by atoms with Gasteiger partial charge in [0.05, 0.1) is 0 Å². The molecule has 1 N–H and O–H groups in total. The number of benzene rings is 1. The molecule has 132 valence electrons. The van der Waals surface area contributed by atoms with E-state index in [1.54, 1.807) is 0 Å². The number of esters is 1. The Bertz CT molecular complexity index is 535. The van der Waals surface area contributed by atoms with Crippen molar-refractivity contribution in [1.82, 2.24) is 0 Å².